The van der Waals surface area contributed by atoms with Crippen molar-refractivity contribution in [3.63, 3.8) is 0 Å². The van der Waals surface area contributed by atoms with Gasteiger partial charge in [0.1, 0.15) is 23.0 Å². The predicted molar refractivity (Wildman–Crippen MR) is 164 cm³/mol. The van der Waals surface area contributed by atoms with Gasteiger partial charge in [0.15, 0.2) is 0 Å². The van der Waals surface area contributed by atoms with Crippen molar-refractivity contribution < 1.29 is 29.3 Å². The van der Waals surface area contributed by atoms with Crippen LogP contribution in [0.5, 0.6) is 23.0 Å². The van der Waals surface area contributed by atoms with E-state index in [9.17, 15) is 9.59 Å². The molecular formula is C36H34O6. The number of aromatic hydroxyl groups is 2. The molecule has 0 aromatic heterocycles. The molecule has 2 N–H and O–H groups in total. The van der Waals surface area contributed by atoms with Gasteiger partial charge >= 0.3 is 11.9 Å². The lowest BCUT2D eigenvalue weighted by molar-refractivity contribution is 0.0725. The Kier molecular flexibility index (Phi) is 12.4. The van der Waals surface area contributed by atoms with Gasteiger partial charge in [-0.3, -0.25) is 0 Å². The van der Waals surface area contributed by atoms with E-state index in [2.05, 4.69) is 13.8 Å². The van der Waals surface area contributed by atoms with Crippen LogP contribution in [0.3, 0.4) is 0 Å². The van der Waals surface area contributed by atoms with Gasteiger partial charge < -0.3 is 19.7 Å². The van der Waals surface area contributed by atoms with Crippen molar-refractivity contribution in [2.24, 2.45) is 0 Å². The molecule has 0 bridgehead atoms. The van der Waals surface area contributed by atoms with Crippen molar-refractivity contribution in [3.8, 4) is 23.0 Å². The maximum absolute atomic E-state index is 11.8. The van der Waals surface area contributed by atoms with E-state index in [0.29, 0.717) is 22.6 Å². The molecule has 0 saturated heterocycles. The van der Waals surface area contributed by atoms with Crippen molar-refractivity contribution in [3.05, 3.63) is 156 Å². The Hall–Kier alpha value is -5.36. The smallest absolute Gasteiger partial charge is 0.343 e. The number of hydrogen-bond acceptors (Lipinski definition) is 6. The van der Waals surface area contributed by atoms with Crippen molar-refractivity contribution in [1.29, 1.82) is 0 Å². The zero-order valence-electron chi connectivity index (χ0n) is 23.6. The van der Waals surface area contributed by atoms with Crippen LogP contribution >= 0.6 is 0 Å². The summed E-state index contributed by atoms with van der Waals surface area (Å²) in [5.74, 6) is 0.831. The minimum absolute atomic E-state index is 0.169. The molecule has 0 heterocycles. The number of aryl methyl sites for hydroxylation is 2. The molecule has 214 valence electrons. The van der Waals surface area contributed by atoms with Crippen LogP contribution in [0.25, 0.3) is 0 Å². The molecule has 0 saturated carbocycles. The van der Waals surface area contributed by atoms with Crippen LogP contribution in [0.2, 0.25) is 0 Å². The molecule has 0 amide bonds. The van der Waals surface area contributed by atoms with E-state index in [0.717, 1.165) is 12.8 Å². The number of para-hydroxylation sites is 2. The highest BCUT2D eigenvalue weighted by Crippen LogP contribution is 2.15. The van der Waals surface area contributed by atoms with Crippen molar-refractivity contribution in [2.45, 2.75) is 26.7 Å². The molecule has 0 aliphatic rings. The van der Waals surface area contributed by atoms with Crippen molar-refractivity contribution in [1.82, 2.24) is 0 Å². The van der Waals surface area contributed by atoms with Gasteiger partial charge in [-0.1, -0.05) is 74.5 Å². The Morgan fingerprint density at radius 2 is 0.786 bits per heavy atom. The minimum atomic E-state index is -0.321. The van der Waals surface area contributed by atoms with Gasteiger partial charge in [-0.2, -0.15) is 0 Å². The Labute approximate surface area is 246 Å². The van der Waals surface area contributed by atoms with Crippen LogP contribution in [0.4, 0.5) is 0 Å². The molecule has 0 atom stereocenters. The zero-order chi connectivity index (χ0) is 30.2. The summed E-state index contributed by atoms with van der Waals surface area (Å²) in [6, 6.07) is 38.8. The Morgan fingerprint density at radius 3 is 1.07 bits per heavy atom. The third-order valence-electron chi connectivity index (χ3n) is 5.95. The molecule has 0 spiro atoms. The van der Waals surface area contributed by atoms with E-state index in [-0.39, 0.29) is 23.4 Å². The molecule has 5 aromatic carbocycles. The maximum Gasteiger partial charge on any atom is 0.343 e. The summed E-state index contributed by atoms with van der Waals surface area (Å²) in [7, 11) is 0. The third-order valence-corrected chi connectivity index (χ3v) is 5.95. The molecule has 0 fully saturated rings. The summed E-state index contributed by atoms with van der Waals surface area (Å²) >= 11 is 0. The summed E-state index contributed by atoms with van der Waals surface area (Å²) < 4.78 is 10.5. The molecule has 0 radical (unpaired) electrons. The van der Waals surface area contributed by atoms with E-state index in [1.807, 2.05) is 60.7 Å². The number of phenols is 2. The summed E-state index contributed by atoms with van der Waals surface area (Å²) in [4.78, 5) is 23.6. The standard InChI is InChI=1S/2C15H14O2.C6H6O2/c2*1-2-12-8-10-13(11-9-12)15(16)17-14-6-4-3-5-7-14;7-5-1-2-6(8)4-3-5/h2*3-11H,2H2,1H3;1-4,7-8H. The Bertz CT molecular complexity index is 1380. The lowest BCUT2D eigenvalue weighted by atomic mass is 10.1. The number of phenolic OH excluding ortho intramolecular Hbond substituents is 2. The van der Waals surface area contributed by atoms with Crippen LogP contribution in [0, 0.1) is 0 Å². The van der Waals surface area contributed by atoms with Gasteiger partial charge in [0.05, 0.1) is 11.1 Å². The second kappa shape index (κ2) is 16.7. The highest BCUT2D eigenvalue weighted by atomic mass is 16.5. The second-order valence-corrected chi connectivity index (χ2v) is 9.02. The number of hydrogen-bond donors (Lipinski definition) is 2. The fourth-order valence-electron chi connectivity index (χ4n) is 3.51. The van der Waals surface area contributed by atoms with Crippen molar-refractivity contribution in [2.75, 3.05) is 0 Å². The van der Waals surface area contributed by atoms with Gasteiger partial charge in [-0.05, 0) is 96.8 Å². The predicted octanol–water partition coefficient (Wildman–Crippen LogP) is 8.03. The summed E-state index contributed by atoms with van der Waals surface area (Å²) in [6.45, 7) is 4.16. The summed E-state index contributed by atoms with van der Waals surface area (Å²) in [5.41, 5.74) is 3.57. The van der Waals surface area contributed by atoms with E-state index in [1.165, 1.54) is 35.4 Å². The molecule has 6 heteroatoms. The number of ether oxygens (including phenoxy) is 2. The Balaban J connectivity index is 0.000000184. The molecule has 0 aliphatic heterocycles. The third kappa shape index (κ3) is 10.7. The zero-order valence-corrected chi connectivity index (χ0v) is 23.6. The fourth-order valence-corrected chi connectivity index (χ4v) is 3.51. The van der Waals surface area contributed by atoms with Gasteiger partial charge in [0.2, 0.25) is 0 Å². The van der Waals surface area contributed by atoms with Crippen LogP contribution in [0.1, 0.15) is 45.7 Å². The highest BCUT2D eigenvalue weighted by molar-refractivity contribution is 5.91. The first-order chi connectivity index (χ1) is 20.4. The van der Waals surface area contributed by atoms with Crippen LogP contribution in [0.15, 0.2) is 133 Å². The number of rotatable bonds is 6. The van der Waals surface area contributed by atoms with Gasteiger partial charge in [-0.25, -0.2) is 9.59 Å². The van der Waals surface area contributed by atoms with Crippen LogP contribution in [-0.4, -0.2) is 22.2 Å². The average Bonchev–Trinajstić information content (AvgIpc) is 3.04. The quantitative estimate of drug-likeness (QED) is 0.124. The van der Waals surface area contributed by atoms with Crippen molar-refractivity contribution >= 4 is 11.9 Å². The number of carbonyl (C=O) groups is 2. The monoisotopic (exact) mass is 562 g/mol. The fraction of sp³-hybridized carbons (Fsp3) is 0.111. The lowest BCUT2D eigenvalue weighted by Gasteiger charge is -2.04. The number of carbonyl (C=O) groups excluding carboxylic acids is 2. The average molecular weight is 563 g/mol. The number of benzene rings is 5. The molecule has 6 nitrogen and oxygen atoms in total. The van der Waals surface area contributed by atoms with E-state index >= 15 is 0 Å². The van der Waals surface area contributed by atoms with E-state index in [1.54, 1.807) is 48.5 Å². The highest BCUT2D eigenvalue weighted by Gasteiger charge is 2.08. The second-order valence-electron chi connectivity index (χ2n) is 9.02. The molecule has 5 aromatic rings. The number of esters is 2. The largest absolute Gasteiger partial charge is 0.508 e. The molecule has 0 aliphatic carbocycles. The summed E-state index contributed by atoms with van der Waals surface area (Å²) in [6.07, 6.45) is 1.93. The topological polar surface area (TPSA) is 93.1 Å². The summed E-state index contributed by atoms with van der Waals surface area (Å²) in [5, 5.41) is 17.3. The lowest BCUT2D eigenvalue weighted by Crippen LogP contribution is -2.08. The molecule has 0 unspecified atom stereocenters. The molecule has 5 rings (SSSR count). The first-order valence-corrected chi connectivity index (χ1v) is 13.6. The van der Waals surface area contributed by atoms with Gasteiger partial charge in [0, 0.05) is 0 Å². The van der Waals surface area contributed by atoms with E-state index in [4.69, 9.17) is 19.7 Å². The van der Waals surface area contributed by atoms with Crippen LogP contribution < -0.4 is 9.47 Å². The first-order valence-electron chi connectivity index (χ1n) is 13.6. The van der Waals surface area contributed by atoms with Gasteiger partial charge in [0.25, 0.3) is 0 Å². The maximum atomic E-state index is 11.8. The van der Waals surface area contributed by atoms with Crippen LogP contribution in [-0.2, 0) is 12.8 Å². The van der Waals surface area contributed by atoms with Gasteiger partial charge in [-0.15, -0.1) is 0 Å². The minimum Gasteiger partial charge on any atom is -0.508 e. The van der Waals surface area contributed by atoms with E-state index < -0.39 is 0 Å². The first kappa shape index (κ1) is 31.2. The molecular weight excluding hydrogens is 528 g/mol. The molecule has 42 heavy (non-hydrogen) atoms. The SMILES string of the molecule is CCc1ccc(C(=O)Oc2ccccc2)cc1.CCc1ccc(C(=O)Oc2ccccc2)cc1.Oc1ccc(O)cc1. The Morgan fingerprint density at radius 1 is 0.476 bits per heavy atom. The normalized spacial score (nSPS) is 9.76.